The molecule has 1 aromatic carbocycles. The number of benzene rings is 1. The Bertz CT molecular complexity index is 584. The Morgan fingerprint density at radius 2 is 2.05 bits per heavy atom. The molecular weight excluding hydrogens is 256 g/mol. The molecule has 0 unspecified atom stereocenters. The summed E-state index contributed by atoms with van der Waals surface area (Å²) in [5.41, 5.74) is 2.30. The first-order chi connectivity index (χ1) is 9.34. The van der Waals surface area contributed by atoms with Crippen LogP contribution in [0.3, 0.4) is 0 Å². The number of aromatic amines is 1. The number of H-pyrrole nitrogens is 1. The molecule has 1 heterocycles. The van der Waals surface area contributed by atoms with Crippen LogP contribution in [-0.2, 0) is 11.3 Å². The predicted molar refractivity (Wildman–Crippen MR) is 78.6 cm³/mol. The number of rotatable bonds is 6. The van der Waals surface area contributed by atoms with Gasteiger partial charge in [0.2, 0.25) is 0 Å². The molecule has 1 aliphatic carbocycles. The maximum atomic E-state index is 5.70. The summed E-state index contributed by atoms with van der Waals surface area (Å²) < 4.78 is 8.56. The molecule has 0 amide bonds. The van der Waals surface area contributed by atoms with Gasteiger partial charge >= 0.3 is 0 Å². The van der Waals surface area contributed by atoms with Crippen LogP contribution in [0, 0.1) is 10.7 Å². The molecule has 0 atom stereocenters. The first-order valence-electron chi connectivity index (χ1n) is 6.76. The zero-order valence-corrected chi connectivity index (χ0v) is 11.7. The number of imidazole rings is 1. The van der Waals surface area contributed by atoms with Crippen LogP contribution >= 0.6 is 12.2 Å². The third-order valence-corrected chi connectivity index (χ3v) is 3.79. The van der Waals surface area contributed by atoms with E-state index in [0.717, 1.165) is 36.1 Å². The van der Waals surface area contributed by atoms with Crippen molar-refractivity contribution in [3.63, 3.8) is 0 Å². The van der Waals surface area contributed by atoms with E-state index in [4.69, 9.17) is 17.0 Å². The van der Waals surface area contributed by atoms with Crippen LogP contribution in [0.15, 0.2) is 36.5 Å². The number of nitrogens with zero attached hydrogens (tertiary/aromatic N) is 1. The van der Waals surface area contributed by atoms with E-state index < -0.39 is 0 Å². The van der Waals surface area contributed by atoms with Gasteiger partial charge < -0.3 is 14.3 Å². The molecule has 2 aromatic rings. The van der Waals surface area contributed by atoms with Crippen LogP contribution < -0.4 is 0 Å². The molecule has 0 bridgehead atoms. The molecule has 3 nitrogen and oxygen atoms in total. The number of ether oxygens (including phenoxy) is 1. The van der Waals surface area contributed by atoms with E-state index in [9.17, 15) is 0 Å². The van der Waals surface area contributed by atoms with Crippen molar-refractivity contribution in [3.8, 4) is 11.3 Å². The summed E-state index contributed by atoms with van der Waals surface area (Å²) in [6, 6.07) is 10.3. The maximum Gasteiger partial charge on any atom is 0.177 e. The van der Waals surface area contributed by atoms with Gasteiger partial charge in [-0.1, -0.05) is 30.3 Å². The summed E-state index contributed by atoms with van der Waals surface area (Å²) in [7, 11) is 0. The third-order valence-electron chi connectivity index (χ3n) is 3.45. The lowest BCUT2D eigenvalue weighted by molar-refractivity contribution is 0.117. The second-order valence-corrected chi connectivity index (χ2v) is 5.40. The van der Waals surface area contributed by atoms with Crippen molar-refractivity contribution >= 4 is 12.2 Å². The van der Waals surface area contributed by atoms with Gasteiger partial charge in [0.05, 0.1) is 12.3 Å². The van der Waals surface area contributed by atoms with Gasteiger partial charge in [-0.05, 0) is 36.5 Å². The molecule has 19 heavy (non-hydrogen) atoms. The van der Waals surface area contributed by atoms with Crippen molar-refractivity contribution in [1.82, 2.24) is 9.55 Å². The maximum absolute atomic E-state index is 5.70. The molecule has 0 radical (unpaired) electrons. The van der Waals surface area contributed by atoms with E-state index in [1.807, 2.05) is 24.4 Å². The normalized spacial score (nSPS) is 14.7. The first kappa shape index (κ1) is 12.6. The predicted octanol–water partition coefficient (Wildman–Crippen LogP) is 3.64. The van der Waals surface area contributed by atoms with E-state index in [0.29, 0.717) is 0 Å². The summed E-state index contributed by atoms with van der Waals surface area (Å²) in [5, 5.41) is 0. The summed E-state index contributed by atoms with van der Waals surface area (Å²) in [5.74, 6) is 0.813. The number of nitrogens with one attached hydrogen (secondary N) is 1. The second kappa shape index (κ2) is 5.72. The second-order valence-electron chi connectivity index (χ2n) is 5.02. The highest BCUT2D eigenvalue weighted by Crippen LogP contribution is 2.28. The molecule has 1 fully saturated rings. The van der Waals surface area contributed by atoms with E-state index in [2.05, 4.69) is 21.7 Å². The Hall–Kier alpha value is -1.39. The zero-order valence-electron chi connectivity index (χ0n) is 10.8. The topological polar surface area (TPSA) is 29.9 Å². The van der Waals surface area contributed by atoms with Crippen LogP contribution in [0.2, 0.25) is 0 Å². The summed E-state index contributed by atoms with van der Waals surface area (Å²) in [6.45, 7) is 2.43. The first-order valence-corrected chi connectivity index (χ1v) is 7.17. The number of hydrogen-bond acceptors (Lipinski definition) is 2. The fourth-order valence-electron chi connectivity index (χ4n) is 2.16. The van der Waals surface area contributed by atoms with Gasteiger partial charge in [-0.15, -0.1) is 0 Å². The third kappa shape index (κ3) is 3.14. The molecule has 1 aromatic heterocycles. The van der Waals surface area contributed by atoms with E-state index in [1.54, 1.807) is 0 Å². The van der Waals surface area contributed by atoms with Gasteiger partial charge in [0.15, 0.2) is 4.77 Å². The molecule has 1 aliphatic rings. The van der Waals surface area contributed by atoms with E-state index >= 15 is 0 Å². The Morgan fingerprint density at radius 3 is 2.79 bits per heavy atom. The molecular formula is C15H18N2OS. The van der Waals surface area contributed by atoms with Crippen LogP contribution in [0.4, 0.5) is 0 Å². The fourth-order valence-corrected chi connectivity index (χ4v) is 2.40. The van der Waals surface area contributed by atoms with Gasteiger partial charge in [0, 0.05) is 19.3 Å². The summed E-state index contributed by atoms with van der Waals surface area (Å²) >= 11 is 5.34. The highest BCUT2D eigenvalue weighted by Gasteiger charge is 2.21. The van der Waals surface area contributed by atoms with Gasteiger partial charge in [0.25, 0.3) is 0 Å². The minimum absolute atomic E-state index is 0.725. The van der Waals surface area contributed by atoms with Crippen LogP contribution in [0.5, 0.6) is 0 Å². The SMILES string of the molecule is S=c1[nH]cc(-c2ccccc2)n1CCOCC1CC1. The minimum atomic E-state index is 0.725. The van der Waals surface area contributed by atoms with Crippen molar-refractivity contribution in [2.45, 2.75) is 19.4 Å². The van der Waals surface area contributed by atoms with Gasteiger partial charge in [-0.25, -0.2) is 0 Å². The van der Waals surface area contributed by atoms with Gasteiger partial charge in [-0.2, -0.15) is 0 Å². The molecule has 0 aliphatic heterocycles. The van der Waals surface area contributed by atoms with Crippen molar-refractivity contribution in [2.75, 3.05) is 13.2 Å². The lowest BCUT2D eigenvalue weighted by Gasteiger charge is -2.09. The number of aromatic nitrogens is 2. The van der Waals surface area contributed by atoms with E-state index in [1.165, 1.54) is 18.4 Å². The average Bonchev–Trinajstić information content (AvgIpc) is 3.20. The monoisotopic (exact) mass is 274 g/mol. The number of hydrogen-bond donors (Lipinski definition) is 1. The summed E-state index contributed by atoms with van der Waals surface area (Å²) in [6.07, 6.45) is 4.64. The quantitative estimate of drug-likeness (QED) is 0.644. The Morgan fingerprint density at radius 1 is 1.26 bits per heavy atom. The largest absolute Gasteiger partial charge is 0.379 e. The average molecular weight is 274 g/mol. The fraction of sp³-hybridized carbons (Fsp3) is 0.400. The molecule has 4 heteroatoms. The molecule has 0 spiro atoms. The van der Waals surface area contributed by atoms with Crippen LogP contribution in [0.1, 0.15) is 12.8 Å². The lowest BCUT2D eigenvalue weighted by Crippen LogP contribution is -2.08. The highest BCUT2D eigenvalue weighted by atomic mass is 32.1. The Labute approximate surface area is 118 Å². The van der Waals surface area contributed by atoms with Crippen molar-refractivity contribution < 1.29 is 4.74 Å². The van der Waals surface area contributed by atoms with Crippen molar-refractivity contribution in [2.24, 2.45) is 5.92 Å². The standard InChI is InChI=1S/C15H18N2OS/c19-15-16-10-14(13-4-2-1-3-5-13)17(15)8-9-18-11-12-6-7-12/h1-5,10,12H,6-9,11H2,(H,16,19). The minimum Gasteiger partial charge on any atom is -0.379 e. The Balaban J connectivity index is 1.69. The van der Waals surface area contributed by atoms with E-state index in [-0.39, 0.29) is 0 Å². The molecule has 3 rings (SSSR count). The van der Waals surface area contributed by atoms with Crippen LogP contribution in [-0.4, -0.2) is 22.8 Å². The zero-order chi connectivity index (χ0) is 13.1. The Kier molecular flexibility index (Phi) is 3.80. The molecule has 0 saturated heterocycles. The lowest BCUT2D eigenvalue weighted by atomic mass is 10.2. The van der Waals surface area contributed by atoms with Crippen LogP contribution in [0.25, 0.3) is 11.3 Å². The summed E-state index contributed by atoms with van der Waals surface area (Å²) in [4.78, 5) is 3.12. The highest BCUT2D eigenvalue weighted by molar-refractivity contribution is 7.71. The molecule has 1 N–H and O–H groups in total. The van der Waals surface area contributed by atoms with Gasteiger partial charge in [-0.3, -0.25) is 0 Å². The molecule has 1 saturated carbocycles. The van der Waals surface area contributed by atoms with Crippen molar-refractivity contribution in [3.05, 3.63) is 41.3 Å². The smallest absolute Gasteiger partial charge is 0.177 e. The van der Waals surface area contributed by atoms with Crippen molar-refractivity contribution in [1.29, 1.82) is 0 Å². The molecule has 100 valence electrons. The van der Waals surface area contributed by atoms with Gasteiger partial charge in [0.1, 0.15) is 0 Å².